The number of carbonyl (C=O) groups is 1. The van der Waals surface area contributed by atoms with Crippen molar-refractivity contribution in [3.63, 3.8) is 0 Å². The van der Waals surface area contributed by atoms with Crippen LogP contribution < -0.4 is 5.32 Å². The Bertz CT molecular complexity index is 988. The van der Waals surface area contributed by atoms with Crippen LogP contribution in [0.25, 0.3) is 0 Å². The average molecular weight is 410 g/mol. The first-order chi connectivity index (χ1) is 13.9. The number of hydrogen-bond donors (Lipinski definition) is 1. The lowest BCUT2D eigenvalue weighted by Crippen LogP contribution is -2.33. The maximum atomic E-state index is 12.9. The summed E-state index contributed by atoms with van der Waals surface area (Å²) >= 11 is 0. The zero-order valence-electron chi connectivity index (χ0n) is 16.2. The van der Waals surface area contributed by atoms with Crippen LogP contribution in [0.2, 0.25) is 0 Å². The molecular formula is C22H23N3O3S. The SMILES string of the molecule is CN(/C=C(/C#N)C(=O)NC(c1ccccc1)c1ccccc1)C1CCS(=O)(=O)C1. The van der Waals surface area contributed by atoms with Crippen LogP contribution in [0.5, 0.6) is 0 Å². The summed E-state index contributed by atoms with van der Waals surface area (Å²) in [4.78, 5) is 14.5. The number of hydrogen-bond acceptors (Lipinski definition) is 5. The molecule has 1 aliphatic rings. The van der Waals surface area contributed by atoms with Gasteiger partial charge in [-0.15, -0.1) is 0 Å². The van der Waals surface area contributed by atoms with Gasteiger partial charge in [-0.2, -0.15) is 5.26 Å². The summed E-state index contributed by atoms with van der Waals surface area (Å²) < 4.78 is 23.4. The lowest BCUT2D eigenvalue weighted by Gasteiger charge is -2.23. The van der Waals surface area contributed by atoms with E-state index in [-0.39, 0.29) is 23.1 Å². The minimum absolute atomic E-state index is 0.0387. The highest BCUT2D eigenvalue weighted by molar-refractivity contribution is 7.91. The highest BCUT2D eigenvalue weighted by atomic mass is 32.2. The van der Waals surface area contributed by atoms with Crippen molar-refractivity contribution in [2.45, 2.75) is 18.5 Å². The van der Waals surface area contributed by atoms with E-state index in [0.717, 1.165) is 11.1 Å². The van der Waals surface area contributed by atoms with Crippen LogP contribution in [-0.4, -0.2) is 43.8 Å². The molecule has 0 bridgehead atoms. The predicted molar refractivity (Wildman–Crippen MR) is 111 cm³/mol. The summed E-state index contributed by atoms with van der Waals surface area (Å²) in [6, 6.07) is 20.4. The van der Waals surface area contributed by atoms with Crippen molar-refractivity contribution in [2.75, 3.05) is 18.6 Å². The number of nitriles is 1. The van der Waals surface area contributed by atoms with E-state index >= 15 is 0 Å². The summed E-state index contributed by atoms with van der Waals surface area (Å²) in [6.07, 6.45) is 1.93. The molecule has 0 spiro atoms. The van der Waals surface area contributed by atoms with E-state index in [1.165, 1.54) is 6.20 Å². The third-order valence-electron chi connectivity index (χ3n) is 5.02. The molecule has 0 aromatic heterocycles. The molecule has 0 aliphatic carbocycles. The molecule has 1 amide bonds. The van der Waals surface area contributed by atoms with Crippen molar-refractivity contribution in [1.82, 2.24) is 10.2 Å². The molecule has 1 N–H and O–H groups in total. The Morgan fingerprint density at radius 1 is 1.14 bits per heavy atom. The molecule has 3 rings (SSSR count). The van der Waals surface area contributed by atoms with E-state index in [1.807, 2.05) is 66.7 Å². The van der Waals surface area contributed by atoms with E-state index < -0.39 is 21.8 Å². The fraction of sp³-hybridized carbons (Fsp3) is 0.273. The van der Waals surface area contributed by atoms with Crippen molar-refractivity contribution < 1.29 is 13.2 Å². The van der Waals surface area contributed by atoms with Crippen LogP contribution in [-0.2, 0) is 14.6 Å². The van der Waals surface area contributed by atoms with Gasteiger partial charge < -0.3 is 10.2 Å². The number of nitrogens with zero attached hydrogens (tertiary/aromatic N) is 2. The zero-order valence-corrected chi connectivity index (χ0v) is 17.0. The van der Waals surface area contributed by atoms with Crippen molar-refractivity contribution in [2.24, 2.45) is 0 Å². The minimum atomic E-state index is -3.05. The molecule has 1 heterocycles. The molecule has 2 aromatic carbocycles. The molecule has 0 radical (unpaired) electrons. The molecule has 150 valence electrons. The number of nitrogens with one attached hydrogen (secondary N) is 1. The van der Waals surface area contributed by atoms with Crippen LogP contribution in [0.1, 0.15) is 23.6 Å². The van der Waals surface area contributed by atoms with Gasteiger partial charge >= 0.3 is 0 Å². The number of amides is 1. The maximum Gasteiger partial charge on any atom is 0.264 e. The standard InChI is InChI=1S/C22H23N3O3S/c1-25(20-12-13-29(27,28)16-20)15-19(14-23)22(26)24-21(17-8-4-2-5-9-17)18-10-6-3-7-11-18/h2-11,15,20-21H,12-13,16H2,1H3,(H,24,26)/b19-15-. The number of rotatable bonds is 6. The topological polar surface area (TPSA) is 90.3 Å². The van der Waals surface area contributed by atoms with Gasteiger partial charge in [-0.05, 0) is 17.5 Å². The van der Waals surface area contributed by atoms with Crippen LogP contribution in [0.3, 0.4) is 0 Å². The van der Waals surface area contributed by atoms with E-state index in [0.29, 0.717) is 6.42 Å². The van der Waals surface area contributed by atoms with Gasteiger partial charge in [-0.25, -0.2) is 8.42 Å². The van der Waals surface area contributed by atoms with Gasteiger partial charge in [0.25, 0.3) is 5.91 Å². The lowest BCUT2D eigenvalue weighted by molar-refractivity contribution is -0.117. The fourth-order valence-electron chi connectivity index (χ4n) is 3.40. The molecule has 1 unspecified atom stereocenters. The number of sulfone groups is 1. The Morgan fingerprint density at radius 3 is 2.14 bits per heavy atom. The quantitative estimate of drug-likeness (QED) is 0.585. The average Bonchev–Trinajstić information content (AvgIpc) is 3.11. The Labute approximate surface area is 171 Å². The highest BCUT2D eigenvalue weighted by Gasteiger charge is 2.30. The van der Waals surface area contributed by atoms with E-state index in [4.69, 9.17) is 0 Å². The second kappa shape index (κ2) is 8.93. The molecule has 2 aromatic rings. The summed E-state index contributed by atoms with van der Waals surface area (Å²) in [6.45, 7) is 0. The molecular weight excluding hydrogens is 386 g/mol. The lowest BCUT2D eigenvalue weighted by atomic mass is 9.98. The Hall–Kier alpha value is -3.11. The number of benzene rings is 2. The van der Waals surface area contributed by atoms with E-state index in [9.17, 15) is 18.5 Å². The first kappa shape index (κ1) is 20.6. The van der Waals surface area contributed by atoms with Crippen molar-refractivity contribution >= 4 is 15.7 Å². The molecule has 1 saturated heterocycles. The van der Waals surface area contributed by atoms with Gasteiger partial charge in [0, 0.05) is 19.3 Å². The third kappa shape index (κ3) is 5.24. The molecule has 7 heteroatoms. The Kier molecular flexibility index (Phi) is 6.35. The first-order valence-corrected chi connectivity index (χ1v) is 11.2. The fourth-order valence-corrected chi connectivity index (χ4v) is 5.19. The normalized spacial score (nSPS) is 18.2. The minimum Gasteiger partial charge on any atom is -0.375 e. The molecule has 0 saturated carbocycles. The predicted octanol–water partition coefficient (Wildman–Crippen LogP) is 2.42. The first-order valence-electron chi connectivity index (χ1n) is 9.34. The summed E-state index contributed by atoms with van der Waals surface area (Å²) in [5, 5.41) is 12.5. The van der Waals surface area contributed by atoms with Gasteiger partial charge in [0.2, 0.25) is 0 Å². The van der Waals surface area contributed by atoms with Gasteiger partial charge in [-0.3, -0.25) is 4.79 Å². The van der Waals surface area contributed by atoms with Gasteiger partial charge in [0.05, 0.1) is 17.5 Å². The molecule has 1 atom stereocenters. The summed E-state index contributed by atoms with van der Waals surface area (Å²) in [7, 11) is -1.35. The van der Waals surface area contributed by atoms with Gasteiger partial charge in [0.1, 0.15) is 11.6 Å². The maximum absolute atomic E-state index is 12.9. The second-order valence-electron chi connectivity index (χ2n) is 7.10. The Balaban J connectivity index is 1.82. The monoisotopic (exact) mass is 409 g/mol. The smallest absolute Gasteiger partial charge is 0.264 e. The van der Waals surface area contributed by atoms with Crippen molar-refractivity contribution in [3.8, 4) is 6.07 Å². The van der Waals surface area contributed by atoms with Gasteiger partial charge in [0.15, 0.2) is 9.84 Å². The van der Waals surface area contributed by atoms with Crippen LogP contribution in [0.15, 0.2) is 72.4 Å². The number of carbonyl (C=O) groups excluding carboxylic acids is 1. The highest BCUT2D eigenvalue weighted by Crippen LogP contribution is 2.22. The molecule has 1 aliphatic heterocycles. The molecule has 6 nitrogen and oxygen atoms in total. The van der Waals surface area contributed by atoms with E-state index in [1.54, 1.807) is 11.9 Å². The van der Waals surface area contributed by atoms with Crippen LogP contribution >= 0.6 is 0 Å². The van der Waals surface area contributed by atoms with Crippen molar-refractivity contribution in [3.05, 3.63) is 83.6 Å². The van der Waals surface area contributed by atoms with Crippen molar-refractivity contribution in [1.29, 1.82) is 5.26 Å². The molecule has 29 heavy (non-hydrogen) atoms. The van der Waals surface area contributed by atoms with Crippen LogP contribution in [0, 0.1) is 11.3 Å². The second-order valence-corrected chi connectivity index (χ2v) is 9.33. The zero-order chi connectivity index (χ0) is 20.9. The van der Waals surface area contributed by atoms with Crippen LogP contribution in [0.4, 0.5) is 0 Å². The largest absolute Gasteiger partial charge is 0.375 e. The third-order valence-corrected chi connectivity index (χ3v) is 6.77. The molecule has 1 fully saturated rings. The van der Waals surface area contributed by atoms with Gasteiger partial charge in [-0.1, -0.05) is 60.7 Å². The van der Waals surface area contributed by atoms with E-state index in [2.05, 4.69) is 5.32 Å². The summed E-state index contributed by atoms with van der Waals surface area (Å²) in [5.74, 6) is -0.330. The summed E-state index contributed by atoms with van der Waals surface area (Å²) in [5.41, 5.74) is 1.74. The Morgan fingerprint density at radius 2 is 1.69 bits per heavy atom.